The van der Waals surface area contributed by atoms with Crippen molar-refractivity contribution in [2.24, 2.45) is 7.05 Å². The molecule has 5 rings (SSSR count). The second-order valence-electron chi connectivity index (χ2n) is 7.03. The molecule has 0 N–H and O–H groups in total. The minimum Gasteiger partial charge on any atom is -0.344 e. The number of rotatable bonds is 2. The third-order valence-electron chi connectivity index (χ3n) is 5.38. The molecule has 0 aliphatic heterocycles. The number of aryl methyl sites for hydroxylation is 1. The molecule has 0 amide bonds. The van der Waals surface area contributed by atoms with E-state index in [1.807, 2.05) is 35.9 Å². The second-order valence-corrected chi connectivity index (χ2v) is 7.03. The maximum Gasteiger partial charge on any atom is 0.197 e. The van der Waals surface area contributed by atoms with E-state index < -0.39 is 0 Å². The van der Waals surface area contributed by atoms with Gasteiger partial charge in [0.25, 0.3) is 0 Å². The number of fused-ring (bicyclic) bond motifs is 2. The Morgan fingerprint density at radius 2 is 1.36 bits per heavy atom. The summed E-state index contributed by atoms with van der Waals surface area (Å²) in [5.74, 6) is -0.397. The van der Waals surface area contributed by atoms with Crippen LogP contribution in [0, 0.1) is 0 Å². The topological polar surface area (TPSA) is 39.1 Å². The van der Waals surface area contributed by atoms with E-state index in [2.05, 4.69) is 30.3 Å². The predicted octanol–water partition coefficient (Wildman–Crippen LogP) is 5.31. The SMILES string of the molecule is Cn1c(C=C2C(=O)c3ccccc3C2=O)cc2cc(-c3ccccc3)ccc21. The molecule has 0 spiro atoms. The van der Waals surface area contributed by atoms with Gasteiger partial charge in [0.1, 0.15) is 0 Å². The number of nitrogens with zero attached hydrogens (tertiary/aromatic N) is 1. The Kier molecular flexibility index (Phi) is 3.63. The van der Waals surface area contributed by atoms with Crippen LogP contribution < -0.4 is 0 Å². The van der Waals surface area contributed by atoms with Gasteiger partial charge in [-0.1, -0.05) is 60.7 Å². The van der Waals surface area contributed by atoms with Gasteiger partial charge in [0, 0.05) is 34.8 Å². The summed E-state index contributed by atoms with van der Waals surface area (Å²) in [7, 11) is 1.95. The van der Waals surface area contributed by atoms with Crippen molar-refractivity contribution in [2.45, 2.75) is 0 Å². The molecule has 134 valence electrons. The van der Waals surface area contributed by atoms with Crippen LogP contribution in [0.4, 0.5) is 0 Å². The molecule has 1 heterocycles. The highest BCUT2D eigenvalue weighted by Crippen LogP contribution is 2.30. The van der Waals surface area contributed by atoms with E-state index in [0.29, 0.717) is 11.1 Å². The quantitative estimate of drug-likeness (QED) is 0.358. The lowest BCUT2D eigenvalue weighted by atomic mass is 10.0. The van der Waals surface area contributed by atoms with Gasteiger partial charge < -0.3 is 4.57 Å². The van der Waals surface area contributed by atoms with Crippen molar-refractivity contribution < 1.29 is 9.59 Å². The number of ketones is 2. The molecule has 4 aromatic rings. The summed E-state index contributed by atoms with van der Waals surface area (Å²) in [6, 6.07) is 25.5. The van der Waals surface area contributed by atoms with Gasteiger partial charge in [-0.3, -0.25) is 9.59 Å². The van der Waals surface area contributed by atoms with E-state index >= 15 is 0 Å². The highest BCUT2D eigenvalue weighted by atomic mass is 16.2. The summed E-state index contributed by atoms with van der Waals surface area (Å²) in [4.78, 5) is 25.4. The molecule has 0 atom stereocenters. The third kappa shape index (κ3) is 2.44. The fraction of sp³-hybridized carbons (Fsp3) is 0.0400. The maximum atomic E-state index is 12.7. The predicted molar refractivity (Wildman–Crippen MR) is 111 cm³/mol. The number of hydrogen-bond acceptors (Lipinski definition) is 2. The molecular formula is C25H17NO2. The minimum atomic E-state index is -0.198. The Balaban J connectivity index is 1.61. The average molecular weight is 363 g/mol. The first-order valence-corrected chi connectivity index (χ1v) is 9.18. The number of benzene rings is 3. The lowest BCUT2D eigenvalue weighted by Gasteiger charge is -2.03. The van der Waals surface area contributed by atoms with E-state index in [0.717, 1.165) is 27.7 Å². The Bertz CT molecular complexity index is 1260. The zero-order valence-electron chi connectivity index (χ0n) is 15.3. The van der Waals surface area contributed by atoms with Crippen molar-refractivity contribution in [1.29, 1.82) is 0 Å². The summed E-state index contributed by atoms with van der Waals surface area (Å²) < 4.78 is 2.01. The van der Waals surface area contributed by atoms with E-state index in [9.17, 15) is 9.59 Å². The highest BCUT2D eigenvalue weighted by molar-refractivity contribution is 6.41. The van der Waals surface area contributed by atoms with E-state index in [1.165, 1.54) is 0 Å². The van der Waals surface area contributed by atoms with Crippen LogP contribution in [-0.2, 0) is 7.05 Å². The molecule has 1 aliphatic carbocycles. The molecule has 0 radical (unpaired) electrons. The largest absolute Gasteiger partial charge is 0.344 e. The lowest BCUT2D eigenvalue weighted by Crippen LogP contribution is -2.01. The zero-order valence-corrected chi connectivity index (χ0v) is 15.3. The van der Waals surface area contributed by atoms with Gasteiger partial charge >= 0.3 is 0 Å². The van der Waals surface area contributed by atoms with Crippen molar-refractivity contribution >= 4 is 28.5 Å². The summed E-state index contributed by atoms with van der Waals surface area (Å²) in [5.41, 5.74) is 5.40. The first-order chi connectivity index (χ1) is 13.6. The van der Waals surface area contributed by atoms with Gasteiger partial charge in [-0.05, 0) is 35.4 Å². The van der Waals surface area contributed by atoms with Crippen LogP contribution in [-0.4, -0.2) is 16.1 Å². The molecule has 3 nitrogen and oxygen atoms in total. The molecule has 0 bridgehead atoms. The van der Waals surface area contributed by atoms with Crippen LogP contribution in [0.5, 0.6) is 0 Å². The highest BCUT2D eigenvalue weighted by Gasteiger charge is 2.32. The van der Waals surface area contributed by atoms with Crippen LogP contribution in [0.15, 0.2) is 84.4 Å². The van der Waals surface area contributed by atoms with Crippen molar-refractivity contribution in [1.82, 2.24) is 4.57 Å². The Morgan fingerprint density at radius 3 is 2.04 bits per heavy atom. The van der Waals surface area contributed by atoms with Gasteiger partial charge in [0.2, 0.25) is 0 Å². The molecule has 0 fully saturated rings. The molecule has 1 aliphatic rings. The number of carbonyl (C=O) groups is 2. The van der Waals surface area contributed by atoms with Gasteiger partial charge in [0.05, 0.1) is 5.57 Å². The molecule has 0 saturated heterocycles. The van der Waals surface area contributed by atoms with Crippen molar-refractivity contribution in [3.05, 3.63) is 101 Å². The summed E-state index contributed by atoms with van der Waals surface area (Å²) >= 11 is 0. The number of hydrogen-bond donors (Lipinski definition) is 0. The zero-order chi connectivity index (χ0) is 19.3. The van der Waals surface area contributed by atoms with E-state index in [1.54, 1.807) is 30.3 Å². The Hall–Kier alpha value is -3.72. The van der Waals surface area contributed by atoms with Gasteiger partial charge in [-0.2, -0.15) is 0 Å². The molecule has 3 heteroatoms. The van der Waals surface area contributed by atoms with Gasteiger partial charge in [-0.15, -0.1) is 0 Å². The number of aromatic nitrogens is 1. The smallest absolute Gasteiger partial charge is 0.197 e. The monoisotopic (exact) mass is 363 g/mol. The Morgan fingerprint density at radius 1 is 0.714 bits per heavy atom. The van der Waals surface area contributed by atoms with E-state index in [-0.39, 0.29) is 17.1 Å². The molecular weight excluding hydrogens is 346 g/mol. The standard InChI is InChI=1S/C25H17NO2/c1-26-19(15-22-24(27)20-9-5-6-10-21(20)25(22)28)14-18-13-17(11-12-23(18)26)16-7-3-2-4-8-16/h2-15H,1H3. The number of allylic oxidation sites excluding steroid dienone is 1. The van der Waals surface area contributed by atoms with Crippen LogP contribution in [0.3, 0.4) is 0 Å². The van der Waals surface area contributed by atoms with Crippen molar-refractivity contribution in [3.8, 4) is 11.1 Å². The normalized spacial score (nSPS) is 13.2. The molecule has 1 aromatic heterocycles. The Labute approximate surface area is 162 Å². The fourth-order valence-electron chi connectivity index (χ4n) is 3.87. The molecule has 3 aromatic carbocycles. The first kappa shape index (κ1) is 16.5. The van der Waals surface area contributed by atoms with Gasteiger partial charge in [0.15, 0.2) is 11.6 Å². The lowest BCUT2D eigenvalue weighted by molar-refractivity contribution is 0.0990. The van der Waals surface area contributed by atoms with Crippen molar-refractivity contribution in [2.75, 3.05) is 0 Å². The number of Topliss-reactive ketones (excluding diaryl/α,β-unsaturated/α-hetero) is 2. The van der Waals surface area contributed by atoms with Crippen LogP contribution in [0.2, 0.25) is 0 Å². The fourth-order valence-corrected chi connectivity index (χ4v) is 3.87. The summed E-state index contributed by atoms with van der Waals surface area (Å²) in [5, 5.41) is 1.08. The van der Waals surface area contributed by atoms with Crippen molar-refractivity contribution in [3.63, 3.8) is 0 Å². The second kappa shape index (κ2) is 6.17. The molecule has 0 unspecified atom stereocenters. The van der Waals surface area contributed by atoms with Gasteiger partial charge in [-0.25, -0.2) is 0 Å². The number of carbonyl (C=O) groups excluding carboxylic acids is 2. The summed E-state index contributed by atoms with van der Waals surface area (Å²) in [6.45, 7) is 0. The minimum absolute atomic E-state index is 0.198. The average Bonchev–Trinajstić information content (AvgIpc) is 3.18. The van der Waals surface area contributed by atoms with Crippen LogP contribution in [0.1, 0.15) is 26.4 Å². The maximum absolute atomic E-state index is 12.7. The molecule has 0 saturated carbocycles. The third-order valence-corrected chi connectivity index (χ3v) is 5.38. The van der Waals surface area contributed by atoms with Crippen LogP contribution in [0.25, 0.3) is 28.1 Å². The van der Waals surface area contributed by atoms with Crippen LogP contribution >= 0.6 is 0 Å². The summed E-state index contributed by atoms with van der Waals surface area (Å²) in [6.07, 6.45) is 1.72. The first-order valence-electron chi connectivity index (χ1n) is 9.18. The molecule has 28 heavy (non-hydrogen) atoms. The van der Waals surface area contributed by atoms with E-state index in [4.69, 9.17) is 0 Å².